The molecule has 4 rings (SSSR count). The van der Waals surface area contributed by atoms with E-state index in [0.29, 0.717) is 6.54 Å². The van der Waals surface area contributed by atoms with E-state index in [1.54, 1.807) is 6.33 Å². The molecule has 1 N–H and O–H groups in total. The van der Waals surface area contributed by atoms with Gasteiger partial charge in [-0.2, -0.15) is 0 Å². The van der Waals surface area contributed by atoms with Crippen LogP contribution in [-0.2, 0) is 13.1 Å². The predicted octanol–water partition coefficient (Wildman–Crippen LogP) is 4.06. The second-order valence-corrected chi connectivity index (χ2v) is 7.43. The van der Waals surface area contributed by atoms with Gasteiger partial charge in [0.05, 0.1) is 0 Å². The Hall–Kier alpha value is -2.63. The van der Waals surface area contributed by atoms with E-state index in [9.17, 15) is 0 Å². The fraction of sp³-hybridized carbons (Fsp3) is 0.273. The van der Waals surface area contributed by atoms with Crippen LogP contribution in [0.3, 0.4) is 0 Å². The number of hydrogen-bond donors (Lipinski definition) is 1. The van der Waals surface area contributed by atoms with Crippen LogP contribution < -0.4 is 10.2 Å². The smallest absolute Gasteiger partial charge is 0.134 e. The number of benzene rings is 2. The third-order valence-corrected chi connectivity index (χ3v) is 5.24. The Morgan fingerprint density at radius 1 is 0.857 bits per heavy atom. The Morgan fingerprint density at radius 3 is 2.36 bits per heavy atom. The number of nitrogens with one attached hydrogen (secondary N) is 1. The molecule has 6 heteroatoms. The molecule has 5 nitrogen and oxygen atoms in total. The van der Waals surface area contributed by atoms with Crippen LogP contribution in [0, 0.1) is 0 Å². The van der Waals surface area contributed by atoms with Gasteiger partial charge in [0.15, 0.2) is 0 Å². The SMILES string of the molecule is Clc1ccc(CNc2cc(N3CCN(Cc4ccccc4)CC3)ncn2)cc1. The van der Waals surface area contributed by atoms with Gasteiger partial charge >= 0.3 is 0 Å². The summed E-state index contributed by atoms with van der Waals surface area (Å²) in [6.45, 7) is 5.73. The summed E-state index contributed by atoms with van der Waals surface area (Å²) in [5, 5.41) is 4.12. The van der Waals surface area contributed by atoms with E-state index in [1.807, 2.05) is 30.3 Å². The fourth-order valence-corrected chi connectivity index (χ4v) is 3.51. The molecule has 28 heavy (non-hydrogen) atoms. The lowest BCUT2D eigenvalue weighted by molar-refractivity contribution is 0.249. The lowest BCUT2D eigenvalue weighted by Gasteiger charge is -2.35. The number of hydrogen-bond acceptors (Lipinski definition) is 5. The Labute approximate surface area is 171 Å². The van der Waals surface area contributed by atoms with Gasteiger partial charge in [-0.1, -0.05) is 54.1 Å². The first-order valence-electron chi connectivity index (χ1n) is 9.58. The van der Waals surface area contributed by atoms with Gasteiger partial charge in [0, 0.05) is 50.4 Å². The second-order valence-electron chi connectivity index (χ2n) is 6.99. The summed E-state index contributed by atoms with van der Waals surface area (Å²) < 4.78 is 0. The number of halogens is 1. The minimum atomic E-state index is 0.707. The van der Waals surface area contributed by atoms with Crippen LogP contribution in [0.15, 0.2) is 67.0 Å². The van der Waals surface area contributed by atoms with E-state index in [-0.39, 0.29) is 0 Å². The average molecular weight is 394 g/mol. The van der Waals surface area contributed by atoms with E-state index < -0.39 is 0 Å². The first-order chi connectivity index (χ1) is 13.8. The number of anilines is 2. The first kappa shape index (κ1) is 18.7. The van der Waals surface area contributed by atoms with Crippen molar-refractivity contribution >= 4 is 23.2 Å². The van der Waals surface area contributed by atoms with E-state index in [4.69, 9.17) is 11.6 Å². The predicted molar refractivity (Wildman–Crippen MR) is 115 cm³/mol. The molecule has 1 aliphatic heterocycles. The molecule has 2 heterocycles. The highest BCUT2D eigenvalue weighted by atomic mass is 35.5. The fourth-order valence-electron chi connectivity index (χ4n) is 3.39. The van der Waals surface area contributed by atoms with Crippen molar-refractivity contribution in [3.05, 3.63) is 83.1 Å². The summed E-state index contributed by atoms with van der Waals surface area (Å²) in [4.78, 5) is 13.7. The zero-order valence-electron chi connectivity index (χ0n) is 15.8. The second kappa shape index (κ2) is 9.04. The minimum absolute atomic E-state index is 0.707. The molecule has 0 saturated carbocycles. The van der Waals surface area contributed by atoms with Crippen molar-refractivity contribution in [2.75, 3.05) is 36.4 Å². The van der Waals surface area contributed by atoms with Crippen molar-refractivity contribution in [2.24, 2.45) is 0 Å². The normalized spacial score (nSPS) is 14.8. The van der Waals surface area contributed by atoms with Gasteiger partial charge in [-0.15, -0.1) is 0 Å². The molecule has 0 atom stereocenters. The van der Waals surface area contributed by atoms with Crippen LogP contribution in [0.4, 0.5) is 11.6 Å². The molecule has 3 aromatic rings. The maximum Gasteiger partial charge on any atom is 0.134 e. The van der Waals surface area contributed by atoms with Crippen molar-refractivity contribution in [3.8, 4) is 0 Å². The highest BCUT2D eigenvalue weighted by molar-refractivity contribution is 6.30. The van der Waals surface area contributed by atoms with Gasteiger partial charge in [-0.05, 0) is 23.3 Å². The highest BCUT2D eigenvalue weighted by Gasteiger charge is 2.18. The molecule has 144 valence electrons. The van der Waals surface area contributed by atoms with E-state index in [0.717, 1.165) is 49.4 Å². The lowest BCUT2D eigenvalue weighted by atomic mass is 10.2. The molecule has 1 aromatic heterocycles. The number of rotatable bonds is 6. The Morgan fingerprint density at radius 2 is 1.61 bits per heavy atom. The highest BCUT2D eigenvalue weighted by Crippen LogP contribution is 2.18. The van der Waals surface area contributed by atoms with Gasteiger partial charge in [-0.25, -0.2) is 9.97 Å². The zero-order valence-corrected chi connectivity index (χ0v) is 16.5. The minimum Gasteiger partial charge on any atom is -0.366 e. The van der Waals surface area contributed by atoms with E-state index in [2.05, 4.69) is 55.4 Å². The number of aromatic nitrogens is 2. The van der Waals surface area contributed by atoms with Crippen LogP contribution >= 0.6 is 11.6 Å². The Bertz CT molecular complexity index is 877. The maximum atomic E-state index is 5.94. The summed E-state index contributed by atoms with van der Waals surface area (Å²) in [7, 11) is 0. The Kier molecular flexibility index (Phi) is 6.04. The van der Waals surface area contributed by atoms with E-state index in [1.165, 1.54) is 11.1 Å². The third-order valence-electron chi connectivity index (χ3n) is 4.98. The van der Waals surface area contributed by atoms with Crippen molar-refractivity contribution < 1.29 is 0 Å². The number of piperazine rings is 1. The van der Waals surface area contributed by atoms with Crippen LogP contribution in [-0.4, -0.2) is 41.0 Å². The van der Waals surface area contributed by atoms with Crippen LogP contribution in [0.2, 0.25) is 5.02 Å². The monoisotopic (exact) mass is 393 g/mol. The molecule has 2 aromatic carbocycles. The van der Waals surface area contributed by atoms with Crippen molar-refractivity contribution in [1.82, 2.24) is 14.9 Å². The van der Waals surface area contributed by atoms with Crippen LogP contribution in [0.5, 0.6) is 0 Å². The molecule has 1 aliphatic rings. The van der Waals surface area contributed by atoms with Crippen molar-refractivity contribution in [3.63, 3.8) is 0 Å². The standard InChI is InChI=1S/C22H24ClN5/c23-20-8-6-18(7-9-20)15-24-21-14-22(26-17-25-21)28-12-10-27(11-13-28)16-19-4-2-1-3-5-19/h1-9,14,17H,10-13,15-16H2,(H,24,25,26). The van der Waals surface area contributed by atoms with Gasteiger partial charge in [0.1, 0.15) is 18.0 Å². The molecule has 0 bridgehead atoms. The summed E-state index contributed by atoms with van der Waals surface area (Å²) in [6, 6.07) is 20.5. The lowest BCUT2D eigenvalue weighted by Crippen LogP contribution is -2.46. The maximum absolute atomic E-state index is 5.94. The molecule has 1 fully saturated rings. The van der Waals surface area contributed by atoms with Gasteiger partial charge in [0.25, 0.3) is 0 Å². The molecule has 0 unspecified atom stereocenters. The number of nitrogens with zero attached hydrogens (tertiary/aromatic N) is 4. The van der Waals surface area contributed by atoms with Crippen LogP contribution in [0.1, 0.15) is 11.1 Å². The summed E-state index contributed by atoms with van der Waals surface area (Å²) >= 11 is 5.94. The van der Waals surface area contributed by atoms with Crippen molar-refractivity contribution in [2.45, 2.75) is 13.1 Å². The molecule has 0 spiro atoms. The van der Waals surface area contributed by atoms with Gasteiger partial charge in [-0.3, -0.25) is 4.90 Å². The third kappa shape index (κ3) is 5.00. The molecular weight excluding hydrogens is 370 g/mol. The topological polar surface area (TPSA) is 44.3 Å². The van der Waals surface area contributed by atoms with E-state index >= 15 is 0 Å². The summed E-state index contributed by atoms with van der Waals surface area (Å²) in [5.74, 6) is 1.82. The van der Waals surface area contributed by atoms with Gasteiger partial charge < -0.3 is 10.2 Å². The molecule has 1 saturated heterocycles. The first-order valence-corrected chi connectivity index (χ1v) is 9.96. The van der Waals surface area contributed by atoms with Gasteiger partial charge in [0.2, 0.25) is 0 Å². The molecular formula is C22H24ClN5. The van der Waals surface area contributed by atoms with Crippen LogP contribution in [0.25, 0.3) is 0 Å². The zero-order chi connectivity index (χ0) is 19.2. The quantitative estimate of drug-likeness (QED) is 0.684. The molecule has 0 amide bonds. The largest absolute Gasteiger partial charge is 0.366 e. The average Bonchev–Trinajstić information content (AvgIpc) is 2.75. The summed E-state index contributed by atoms with van der Waals surface area (Å²) in [6.07, 6.45) is 1.63. The Balaban J connectivity index is 1.31. The van der Waals surface area contributed by atoms with Crippen molar-refractivity contribution in [1.29, 1.82) is 0 Å². The molecule has 0 radical (unpaired) electrons. The summed E-state index contributed by atoms with van der Waals surface area (Å²) in [5.41, 5.74) is 2.53. The molecule has 0 aliphatic carbocycles.